The number of aromatic nitrogens is 2. The molecule has 6 rings (SSSR count). The van der Waals surface area contributed by atoms with Gasteiger partial charge in [-0.05, 0) is 54.3 Å². The van der Waals surface area contributed by atoms with Crippen LogP contribution in [0, 0.1) is 0 Å². The van der Waals surface area contributed by atoms with Crippen LogP contribution >= 0.6 is 11.8 Å². The molecule has 1 amide bonds. The van der Waals surface area contributed by atoms with Gasteiger partial charge in [0.15, 0.2) is 28.2 Å². The summed E-state index contributed by atoms with van der Waals surface area (Å²) in [7, 11) is 0. The number of rotatable bonds is 8. The Morgan fingerprint density at radius 1 is 0.923 bits per heavy atom. The Balaban J connectivity index is 1.36. The largest absolute Gasteiger partial charge is 0.454 e. The molecule has 9 nitrogen and oxygen atoms in total. The van der Waals surface area contributed by atoms with Crippen LogP contribution in [0.3, 0.4) is 0 Å². The zero-order valence-electron chi connectivity index (χ0n) is 21.6. The molecule has 0 spiro atoms. The molecular weight excluding hydrogens is 518 g/mol. The van der Waals surface area contributed by atoms with Crippen LogP contribution in [-0.2, 0) is 17.8 Å². The van der Waals surface area contributed by atoms with E-state index in [1.54, 1.807) is 16.7 Å². The summed E-state index contributed by atoms with van der Waals surface area (Å²) in [5.74, 6) is 2.20. The minimum absolute atomic E-state index is 0.0932. The van der Waals surface area contributed by atoms with Gasteiger partial charge in [0.25, 0.3) is 5.56 Å². The molecule has 1 aromatic heterocycles. The first-order chi connectivity index (χ1) is 19.0. The molecular formula is C29H27N3O6S. The third kappa shape index (κ3) is 4.99. The molecule has 0 bridgehead atoms. The van der Waals surface area contributed by atoms with Crippen LogP contribution in [0.2, 0.25) is 0 Å². The van der Waals surface area contributed by atoms with Crippen LogP contribution in [0.15, 0.2) is 64.5 Å². The molecule has 10 heteroatoms. The molecule has 2 aliphatic rings. The summed E-state index contributed by atoms with van der Waals surface area (Å²) >= 11 is 1.27. The fourth-order valence-corrected chi connectivity index (χ4v) is 5.55. The molecule has 0 fully saturated rings. The van der Waals surface area contributed by atoms with Gasteiger partial charge in [0.2, 0.25) is 19.5 Å². The van der Waals surface area contributed by atoms with Crippen LogP contribution in [0.25, 0.3) is 10.9 Å². The average Bonchev–Trinajstić information content (AvgIpc) is 3.62. The van der Waals surface area contributed by atoms with E-state index in [1.807, 2.05) is 49.4 Å². The number of aryl methyl sites for hydroxylation is 1. The third-order valence-corrected chi connectivity index (χ3v) is 8.09. The molecule has 0 saturated heterocycles. The maximum atomic E-state index is 13.8. The van der Waals surface area contributed by atoms with Gasteiger partial charge >= 0.3 is 0 Å². The number of benzene rings is 3. The number of amides is 1. The van der Waals surface area contributed by atoms with E-state index < -0.39 is 5.25 Å². The Labute approximate surface area is 229 Å². The summed E-state index contributed by atoms with van der Waals surface area (Å²) < 4.78 is 23.6. The van der Waals surface area contributed by atoms with Crippen molar-refractivity contribution in [1.82, 2.24) is 9.55 Å². The Hall–Kier alpha value is -4.18. The minimum Gasteiger partial charge on any atom is -0.454 e. The van der Waals surface area contributed by atoms with Crippen molar-refractivity contribution in [3.8, 4) is 23.0 Å². The molecule has 4 aromatic rings. The second kappa shape index (κ2) is 10.5. The number of thioether (sulfide) groups is 1. The molecule has 1 N–H and O–H groups in total. The Bertz CT molecular complexity index is 1620. The van der Waals surface area contributed by atoms with Crippen molar-refractivity contribution in [2.45, 2.75) is 43.6 Å². The average molecular weight is 546 g/mol. The lowest BCUT2D eigenvalue weighted by Gasteiger charge is -2.18. The number of carbonyl (C=O) groups excluding carboxylic acids is 1. The predicted octanol–water partition coefficient (Wildman–Crippen LogP) is 4.97. The van der Waals surface area contributed by atoms with E-state index in [1.165, 1.54) is 17.3 Å². The zero-order valence-corrected chi connectivity index (χ0v) is 22.4. The number of fused-ring (bicyclic) bond motifs is 3. The predicted molar refractivity (Wildman–Crippen MR) is 148 cm³/mol. The number of nitrogens with zero attached hydrogens (tertiary/aromatic N) is 2. The van der Waals surface area contributed by atoms with E-state index in [9.17, 15) is 9.59 Å². The quantitative estimate of drug-likeness (QED) is 0.245. The van der Waals surface area contributed by atoms with Gasteiger partial charge < -0.3 is 24.3 Å². The summed E-state index contributed by atoms with van der Waals surface area (Å²) in [6, 6.07) is 16.8. The van der Waals surface area contributed by atoms with Gasteiger partial charge in [-0.25, -0.2) is 4.98 Å². The summed E-state index contributed by atoms with van der Waals surface area (Å²) in [5.41, 5.74) is 3.03. The number of hydrogen-bond acceptors (Lipinski definition) is 8. The smallest absolute Gasteiger partial charge is 0.262 e. The van der Waals surface area contributed by atoms with Gasteiger partial charge in [0.05, 0.1) is 22.7 Å². The van der Waals surface area contributed by atoms with Gasteiger partial charge in [-0.3, -0.25) is 14.2 Å². The summed E-state index contributed by atoms with van der Waals surface area (Å²) in [5, 5.41) is 3.38. The van der Waals surface area contributed by atoms with Crippen LogP contribution in [0.5, 0.6) is 23.0 Å². The summed E-state index contributed by atoms with van der Waals surface area (Å²) in [6.45, 7) is 4.53. The molecule has 1 atom stereocenters. The van der Waals surface area contributed by atoms with E-state index in [2.05, 4.69) is 12.2 Å². The van der Waals surface area contributed by atoms with E-state index >= 15 is 0 Å². The summed E-state index contributed by atoms with van der Waals surface area (Å²) in [6.07, 6.45) is 1.47. The van der Waals surface area contributed by atoms with E-state index in [0.717, 1.165) is 17.7 Å². The lowest BCUT2D eigenvalue weighted by Crippen LogP contribution is -2.28. The highest BCUT2D eigenvalue weighted by Crippen LogP contribution is 2.36. The normalized spacial score (nSPS) is 14.0. The highest BCUT2D eigenvalue weighted by Gasteiger charge is 2.25. The second-order valence-corrected chi connectivity index (χ2v) is 10.4. The summed E-state index contributed by atoms with van der Waals surface area (Å²) in [4.78, 5) is 32.0. The van der Waals surface area contributed by atoms with Crippen LogP contribution < -0.4 is 29.8 Å². The molecule has 0 saturated carbocycles. The number of ether oxygens (including phenoxy) is 4. The first-order valence-electron chi connectivity index (χ1n) is 12.8. The SMILES string of the molecule is CCc1ccc(NC(=O)[C@H](CC)Sc2nc3cc4c(cc3c(=O)n2Cc2ccc3c(c2)OCO3)OCO4)cc1. The van der Waals surface area contributed by atoms with Gasteiger partial charge in [0.1, 0.15) is 0 Å². The fourth-order valence-electron chi connectivity index (χ4n) is 4.54. The first-order valence-corrected chi connectivity index (χ1v) is 13.7. The van der Waals surface area contributed by atoms with Gasteiger partial charge in [-0.1, -0.05) is 43.8 Å². The van der Waals surface area contributed by atoms with Crippen molar-refractivity contribution in [1.29, 1.82) is 0 Å². The van der Waals surface area contributed by atoms with Crippen molar-refractivity contribution in [2.24, 2.45) is 0 Å². The maximum Gasteiger partial charge on any atom is 0.262 e. The Morgan fingerprint density at radius 2 is 1.59 bits per heavy atom. The van der Waals surface area contributed by atoms with Crippen molar-refractivity contribution < 1.29 is 23.7 Å². The second-order valence-electron chi connectivity index (χ2n) is 9.25. The third-order valence-electron chi connectivity index (χ3n) is 6.73. The lowest BCUT2D eigenvalue weighted by molar-refractivity contribution is -0.115. The highest BCUT2D eigenvalue weighted by atomic mass is 32.2. The molecule has 0 aliphatic carbocycles. The van der Waals surface area contributed by atoms with Crippen molar-refractivity contribution in [2.75, 3.05) is 18.9 Å². The standard InChI is InChI=1S/C29H27N3O6S/c1-3-17-5-8-19(9-6-17)30-27(33)26(4-2)39-29-31-21-13-25-24(37-16-38-25)12-20(21)28(34)32(29)14-18-7-10-22-23(11-18)36-15-35-22/h5-13,26H,3-4,14-16H2,1-2H3,(H,30,33)/t26-/m0/s1. The van der Waals surface area contributed by atoms with Gasteiger partial charge in [-0.2, -0.15) is 0 Å². The monoisotopic (exact) mass is 545 g/mol. The Morgan fingerprint density at radius 3 is 2.31 bits per heavy atom. The van der Waals surface area contributed by atoms with Crippen molar-refractivity contribution in [3.05, 3.63) is 76.1 Å². The number of hydrogen-bond donors (Lipinski definition) is 1. The molecule has 39 heavy (non-hydrogen) atoms. The molecule has 2 aliphatic heterocycles. The van der Waals surface area contributed by atoms with Gasteiger partial charge in [0, 0.05) is 11.8 Å². The molecule has 0 unspecified atom stereocenters. The van der Waals surface area contributed by atoms with Crippen LogP contribution in [0.4, 0.5) is 5.69 Å². The van der Waals surface area contributed by atoms with E-state index in [0.29, 0.717) is 45.5 Å². The molecule has 3 heterocycles. The van der Waals surface area contributed by atoms with Crippen LogP contribution in [-0.4, -0.2) is 34.3 Å². The Kier molecular flexibility index (Phi) is 6.78. The topological polar surface area (TPSA) is 101 Å². The molecule has 3 aromatic carbocycles. The molecule has 200 valence electrons. The zero-order chi connectivity index (χ0) is 26.9. The first kappa shape index (κ1) is 25.1. The molecule has 0 radical (unpaired) electrons. The highest BCUT2D eigenvalue weighted by molar-refractivity contribution is 8.00. The lowest BCUT2D eigenvalue weighted by atomic mass is 10.1. The maximum absolute atomic E-state index is 13.8. The fraction of sp³-hybridized carbons (Fsp3) is 0.276. The number of anilines is 1. The van der Waals surface area contributed by atoms with Crippen molar-refractivity contribution >= 4 is 34.3 Å². The number of nitrogens with one attached hydrogen (secondary N) is 1. The van der Waals surface area contributed by atoms with Crippen molar-refractivity contribution in [3.63, 3.8) is 0 Å². The number of carbonyl (C=O) groups is 1. The van der Waals surface area contributed by atoms with Gasteiger partial charge in [-0.15, -0.1) is 0 Å². The minimum atomic E-state index is -0.475. The van der Waals surface area contributed by atoms with Crippen LogP contribution in [0.1, 0.15) is 31.4 Å². The van der Waals surface area contributed by atoms with E-state index in [4.69, 9.17) is 23.9 Å². The van der Waals surface area contributed by atoms with E-state index in [-0.39, 0.29) is 31.6 Å².